The monoisotopic (exact) mass is 514 g/mol. The average molecular weight is 515 g/mol. The number of nitrogen functional groups attached to an aromatic ring is 1. The largest absolute Gasteiger partial charge is 0.393 e. The Morgan fingerprint density at radius 2 is 1.78 bits per heavy atom. The van der Waals surface area contributed by atoms with Crippen LogP contribution in [0.5, 0.6) is 0 Å². The first-order valence-electron chi connectivity index (χ1n) is 11.5. The van der Waals surface area contributed by atoms with Crippen molar-refractivity contribution in [3.05, 3.63) is 77.0 Å². The van der Waals surface area contributed by atoms with Gasteiger partial charge in [-0.1, -0.05) is 44.2 Å². The summed E-state index contributed by atoms with van der Waals surface area (Å²) in [4.78, 5) is 45.8. The van der Waals surface area contributed by atoms with Crippen molar-refractivity contribution in [1.82, 2.24) is 25.2 Å². The van der Waals surface area contributed by atoms with Crippen molar-refractivity contribution in [2.75, 3.05) is 5.73 Å². The van der Waals surface area contributed by atoms with Crippen molar-refractivity contribution in [2.24, 2.45) is 5.92 Å². The normalized spacial score (nSPS) is 13.1. The molecule has 2 atom stereocenters. The summed E-state index contributed by atoms with van der Waals surface area (Å²) in [5, 5.41) is 14.9. The molecule has 0 spiro atoms. The van der Waals surface area contributed by atoms with Gasteiger partial charge in [-0.05, 0) is 23.6 Å². The molecule has 0 saturated carbocycles. The van der Waals surface area contributed by atoms with Crippen LogP contribution in [-0.2, 0) is 22.7 Å². The Hall–Kier alpha value is -4.19. The number of amides is 2. The van der Waals surface area contributed by atoms with Gasteiger partial charge in [0, 0.05) is 24.5 Å². The van der Waals surface area contributed by atoms with Gasteiger partial charge in [-0.3, -0.25) is 23.9 Å². The number of halogens is 2. The number of hydrogen-bond acceptors (Lipinski definition) is 7. The second-order valence-corrected chi connectivity index (χ2v) is 8.74. The van der Waals surface area contributed by atoms with Crippen LogP contribution in [0.1, 0.15) is 19.4 Å². The fourth-order valence-corrected chi connectivity index (χ4v) is 3.62. The first kappa shape index (κ1) is 27.4. The number of benzene rings is 1. The SMILES string of the molecule is CC(C)C(NC(=O)Cn1c(-c2ccccc2)ncc(N)c1=O)C(O)C(F)(F)C(=O)NCc1ccncc1. The molecule has 10 nitrogen and oxygen atoms in total. The van der Waals surface area contributed by atoms with Gasteiger partial charge in [0.1, 0.15) is 24.2 Å². The van der Waals surface area contributed by atoms with E-state index in [0.29, 0.717) is 11.1 Å². The molecular weight excluding hydrogens is 486 g/mol. The van der Waals surface area contributed by atoms with E-state index in [1.807, 2.05) is 0 Å². The highest BCUT2D eigenvalue weighted by Gasteiger charge is 2.51. The van der Waals surface area contributed by atoms with Crippen molar-refractivity contribution in [3.63, 3.8) is 0 Å². The molecule has 0 radical (unpaired) electrons. The molecule has 2 aromatic heterocycles. The summed E-state index contributed by atoms with van der Waals surface area (Å²) in [6.45, 7) is 2.21. The highest BCUT2D eigenvalue weighted by atomic mass is 19.3. The van der Waals surface area contributed by atoms with Crippen LogP contribution in [0.15, 0.2) is 65.8 Å². The quantitative estimate of drug-likeness (QED) is 0.319. The first-order valence-corrected chi connectivity index (χ1v) is 11.5. The van der Waals surface area contributed by atoms with Crippen molar-refractivity contribution in [1.29, 1.82) is 0 Å². The van der Waals surface area contributed by atoms with Crippen LogP contribution < -0.4 is 21.9 Å². The van der Waals surface area contributed by atoms with Crippen molar-refractivity contribution in [2.45, 2.75) is 45.0 Å². The Morgan fingerprint density at radius 3 is 2.41 bits per heavy atom. The van der Waals surface area contributed by atoms with Crippen LogP contribution in [-0.4, -0.2) is 49.5 Å². The number of pyridine rings is 1. The molecule has 37 heavy (non-hydrogen) atoms. The molecule has 0 saturated heterocycles. The highest BCUT2D eigenvalue weighted by molar-refractivity contribution is 5.84. The average Bonchev–Trinajstić information content (AvgIpc) is 2.89. The van der Waals surface area contributed by atoms with Crippen LogP contribution in [0, 0.1) is 5.92 Å². The molecule has 5 N–H and O–H groups in total. The lowest BCUT2D eigenvalue weighted by atomic mass is 9.93. The molecule has 0 fully saturated rings. The highest BCUT2D eigenvalue weighted by Crippen LogP contribution is 2.25. The van der Waals surface area contributed by atoms with Gasteiger partial charge in [0.15, 0.2) is 0 Å². The number of aliphatic hydroxyl groups is 1. The predicted octanol–water partition coefficient (Wildman–Crippen LogP) is 1.34. The van der Waals surface area contributed by atoms with Crippen LogP contribution in [0.3, 0.4) is 0 Å². The van der Waals surface area contributed by atoms with Gasteiger partial charge in [0.05, 0.1) is 12.2 Å². The fraction of sp³-hybridized carbons (Fsp3) is 0.320. The smallest absolute Gasteiger partial charge is 0.351 e. The number of nitrogens with one attached hydrogen (secondary N) is 2. The van der Waals surface area contributed by atoms with Crippen LogP contribution >= 0.6 is 0 Å². The Bertz CT molecular complexity index is 1290. The predicted molar refractivity (Wildman–Crippen MR) is 132 cm³/mol. The lowest BCUT2D eigenvalue weighted by Crippen LogP contribution is -2.59. The zero-order chi connectivity index (χ0) is 27.2. The summed E-state index contributed by atoms with van der Waals surface area (Å²) in [5.41, 5.74) is 5.87. The van der Waals surface area contributed by atoms with Gasteiger partial charge in [-0.25, -0.2) is 4.98 Å². The number of carbonyl (C=O) groups is 2. The minimum absolute atomic E-state index is 0.150. The number of nitrogens with two attached hydrogens (primary N) is 1. The second kappa shape index (κ2) is 11.7. The summed E-state index contributed by atoms with van der Waals surface area (Å²) >= 11 is 0. The molecule has 196 valence electrons. The molecule has 1 aromatic carbocycles. The number of carbonyl (C=O) groups excluding carboxylic acids is 2. The third kappa shape index (κ3) is 6.53. The number of hydrogen-bond donors (Lipinski definition) is 4. The van der Waals surface area contributed by atoms with Crippen molar-refractivity contribution < 1.29 is 23.5 Å². The van der Waals surface area contributed by atoms with Gasteiger partial charge < -0.3 is 21.5 Å². The molecule has 0 aliphatic heterocycles. The van der Waals surface area contributed by atoms with E-state index < -0.39 is 47.9 Å². The van der Waals surface area contributed by atoms with E-state index in [0.717, 1.165) is 4.57 Å². The van der Waals surface area contributed by atoms with E-state index in [2.05, 4.69) is 20.6 Å². The van der Waals surface area contributed by atoms with E-state index in [1.165, 1.54) is 32.4 Å². The maximum Gasteiger partial charge on any atom is 0.351 e. The number of anilines is 1. The minimum atomic E-state index is -4.22. The molecule has 2 heterocycles. The molecule has 2 unspecified atom stereocenters. The topological polar surface area (TPSA) is 152 Å². The molecule has 0 bridgehead atoms. The standard InChI is InChI=1S/C25H28F2N6O4/c1-15(2)20(21(35)25(26,27)24(37)31-12-16-8-10-29-11-9-16)32-19(34)14-33-22(17-6-4-3-5-7-17)30-13-18(28)23(33)36/h3-11,13,15,20-21,35H,12,14,28H2,1-2H3,(H,31,37)(H,32,34). The van der Waals surface area contributed by atoms with Gasteiger partial charge in [-0.15, -0.1) is 0 Å². The van der Waals surface area contributed by atoms with Gasteiger partial charge in [0.25, 0.3) is 11.5 Å². The van der Waals surface area contributed by atoms with E-state index in [4.69, 9.17) is 5.73 Å². The zero-order valence-electron chi connectivity index (χ0n) is 20.3. The number of nitrogens with zero attached hydrogens (tertiary/aromatic N) is 3. The van der Waals surface area contributed by atoms with Gasteiger partial charge in [0.2, 0.25) is 5.91 Å². The number of alkyl halides is 2. The minimum Gasteiger partial charge on any atom is -0.393 e. The summed E-state index contributed by atoms with van der Waals surface area (Å²) in [7, 11) is 0. The molecule has 2 amide bonds. The summed E-state index contributed by atoms with van der Waals surface area (Å²) in [6, 6.07) is 10.1. The lowest BCUT2D eigenvalue weighted by molar-refractivity contribution is -0.169. The number of aliphatic hydroxyl groups excluding tert-OH is 1. The maximum absolute atomic E-state index is 14.9. The van der Waals surface area contributed by atoms with Crippen LogP contribution in [0.25, 0.3) is 11.4 Å². The summed E-state index contributed by atoms with van der Waals surface area (Å²) in [6.07, 6.45) is 1.52. The second-order valence-electron chi connectivity index (χ2n) is 8.74. The Labute approximate surface area is 211 Å². The third-order valence-electron chi connectivity index (χ3n) is 5.67. The van der Waals surface area contributed by atoms with Crippen molar-refractivity contribution >= 4 is 17.5 Å². The first-order chi connectivity index (χ1) is 17.5. The lowest BCUT2D eigenvalue weighted by Gasteiger charge is -2.32. The van der Waals surface area contributed by atoms with E-state index >= 15 is 0 Å². The zero-order valence-corrected chi connectivity index (χ0v) is 20.3. The Balaban J connectivity index is 1.77. The molecule has 12 heteroatoms. The summed E-state index contributed by atoms with van der Waals surface area (Å²) < 4.78 is 30.8. The molecule has 0 aliphatic carbocycles. The number of aromatic nitrogens is 3. The van der Waals surface area contributed by atoms with E-state index in [9.17, 15) is 28.3 Å². The maximum atomic E-state index is 14.9. The molecule has 3 rings (SSSR count). The third-order valence-corrected chi connectivity index (χ3v) is 5.67. The number of rotatable bonds is 10. The Kier molecular flexibility index (Phi) is 8.66. The van der Waals surface area contributed by atoms with E-state index in [1.54, 1.807) is 42.5 Å². The Morgan fingerprint density at radius 1 is 1.14 bits per heavy atom. The van der Waals surface area contributed by atoms with Crippen LogP contribution in [0.4, 0.5) is 14.5 Å². The summed E-state index contributed by atoms with van der Waals surface area (Å²) in [5.74, 6) is -7.31. The van der Waals surface area contributed by atoms with Gasteiger partial charge >= 0.3 is 5.92 Å². The van der Waals surface area contributed by atoms with E-state index in [-0.39, 0.29) is 18.1 Å². The van der Waals surface area contributed by atoms with Crippen LogP contribution in [0.2, 0.25) is 0 Å². The van der Waals surface area contributed by atoms with Crippen molar-refractivity contribution in [3.8, 4) is 11.4 Å². The fourth-order valence-electron chi connectivity index (χ4n) is 3.62. The van der Waals surface area contributed by atoms with Gasteiger partial charge in [-0.2, -0.15) is 8.78 Å². The molecular formula is C25H28F2N6O4. The molecule has 0 aliphatic rings. The molecule has 3 aromatic rings.